The van der Waals surface area contributed by atoms with Gasteiger partial charge in [-0.2, -0.15) is 0 Å². The first-order valence-electron chi connectivity index (χ1n) is 10.7. The Balaban J connectivity index is 1.32. The third kappa shape index (κ3) is 5.81. The first-order valence-corrected chi connectivity index (χ1v) is 10.7. The van der Waals surface area contributed by atoms with Crippen LogP contribution in [0.5, 0.6) is 5.75 Å². The number of benzene rings is 1. The molecule has 160 valence electrons. The lowest BCUT2D eigenvalue weighted by Crippen LogP contribution is -2.14. The molecule has 0 spiro atoms. The van der Waals surface area contributed by atoms with E-state index < -0.39 is 5.97 Å². The number of anilines is 1. The van der Waals surface area contributed by atoms with Crippen molar-refractivity contribution in [1.29, 1.82) is 0 Å². The second-order valence-electron chi connectivity index (χ2n) is 7.87. The lowest BCUT2D eigenvalue weighted by molar-refractivity contribution is -0.137. The fraction of sp³-hybridized carbons (Fsp3) is 0.320. The summed E-state index contributed by atoms with van der Waals surface area (Å²) in [6.07, 6.45) is 7.16. The highest BCUT2D eigenvalue weighted by atomic mass is 16.5. The Morgan fingerprint density at radius 1 is 1.16 bits per heavy atom. The summed E-state index contributed by atoms with van der Waals surface area (Å²) < 4.78 is 5.90. The summed E-state index contributed by atoms with van der Waals surface area (Å²) in [5.41, 5.74) is 4.33. The Hall–Kier alpha value is -3.41. The lowest BCUT2D eigenvalue weighted by atomic mass is 9.90. The highest BCUT2D eigenvalue weighted by Crippen LogP contribution is 2.25. The zero-order chi connectivity index (χ0) is 21.5. The van der Waals surface area contributed by atoms with E-state index in [4.69, 9.17) is 9.72 Å². The van der Waals surface area contributed by atoms with Crippen LogP contribution in [0.4, 0.5) is 5.82 Å². The summed E-state index contributed by atoms with van der Waals surface area (Å²) in [4.78, 5) is 20.1. The van der Waals surface area contributed by atoms with Crippen molar-refractivity contribution in [3.05, 3.63) is 83.3 Å². The van der Waals surface area contributed by atoms with Crippen LogP contribution in [0.15, 0.2) is 60.9 Å². The molecule has 0 saturated heterocycles. The van der Waals surface area contributed by atoms with Crippen LogP contribution in [0, 0.1) is 0 Å². The minimum absolute atomic E-state index is 0.0760. The van der Waals surface area contributed by atoms with Crippen LogP contribution in [0.25, 0.3) is 0 Å². The average molecular weight is 418 g/mol. The molecule has 3 aromatic rings. The molecule has 1 aliphatic heterocycles. The number of pyridine rings is 2. The van der Waals surface area contributed by atoms with Crippen molar-refractivity contribution < 1.29 is 14.6 Å². The van der Waals surface area contributed by atoms with Crippen LogP contribution in [0.1, 0.15) is 41.1 Å². The smallest absolute Gasteiger partial charge is 0.303 e. The number of nitrogens with one attached hydrogen (secondary N) is 1. The normalized spacial score (nSPS) is 13.7. The Bertz CT molecular complexity index is 1010. The molecular formula is C25H27N3O3. The molecule has 1 aromatic carbocycles. The number of ether oxygens (including phenoxy) is 1. The van der Waals surface area contributed by atoms with Gasteiger partial charge < -0.3 is 15.2 Å². The van der Waals surface area contributed by atoms with Gasteiger partial charge in [0.25, 0.3) is 0 Å². The van der Waals surface area contributed by atoms with Gasteiger partial charge in [0.1, 0.15) is 11.6 Å². The molecular weight excluding hydrogens is 390 g/mol. The second kappa shape index (κ2) is 10.1. The second-order valence-corrected chi connectivity index (χ2v) is 7.87. The van der Waals surface area contributed by atoms with E-state index in [1.165, 1.54) is 5.56 Å². The standard InChI is InChI=1S/C25H27N3O3/c29-24(30)16-21(20-4-1-12-26-17-20)15-18-5-9-23(10-6-18)31-14-11-22-8-7-19-3-2-13-27-25(19)28-22/h1,4-10,12,17,21H,2-3,11,13-16H2,(H,27,28)(H,29,30). The molecule has 3 heterocycles. The van der Waals surface area contributed by atoms with E-state index in [1.54, 1.807) is 12.4 Å². The summed E-state index contributed by atoms with van der Waals surface area (Å²) in [6.45, 7) is 1.54. The molecule has 6 heteroatoms. The Morgan fingerprint density at radius 3 is 2.81 bits per heavy atom. The quantitative estimate of drug-likeness (QED) is 0.541. The third-order valence-corrected chi connectivity index (χ3v) is 5.56. The first-order chi connectivity index (χ1) is 15.2. The molecule has 6 nitrogen and oxygen atoms in total. The number of carboxylic acid groups (broad SMARTS) is 1. The molecule has 1 atom stereocenters. The Labute approximate surface area is 182 Å². The summed E-state index contributed by atoms with van der Waals surface area (Å²) >= 11 is 0. The summed E-state index contributed by atoms with van der Waals surface area (Å²) in [5, 5.41) is 12.6. The maximum absolute atomic E-state index is 11.3. The van der Waals surface area contributed by atoms with Crippen LogP contribution >= 0.6 is 0 Å². The summed E-state index contributed by atoms with van der Waals surface area (Å²) in [5.74, 6) is 0.898. The van der Waals surface area contributed by atoms with Crippen molar-refractivity contribution >= 4 is 11.8 Å². The molecule has 31 heavy (non-hydrogen) atoms. The molecule has 1 aliphatic rings. The minimum Gasteiger partial charge on any atom is -0.493 e. The zero-order valence-corrected chi connectivity index (χ0v) is 17.5. The molecule has 0 amide bonds. The monoisotopic (exact) mass is 417 g/mol. The predicted molar refractivity (Wildman–Crippen MR) is 120 cm³/mol. The van der Waals surface area contributed by atoms with Gasteiger partial charge in [-0.3, -0.25) is 9.78 Å². The van der Waals surface area contributed by atoms with Crippen LogP contribution < -0.4 is 10.1 Å². The van der Waals surface area contributed by atoms with Crippen LogP contribution in [0.2, 0.25) is 0 Å². The fourth-order valence-electron chi connectivity index (χ4n) is 3.92. The number of aromatic nitrogens is 2. The molecule has 0 saturated carbocycles. The maximum Gasteiger partial charge on any atom is 0.303 e. The van der Waals surface area contributed by atoms with E-state index in [-0.39, 0.29) is 12.3 Å². The van der Waals surface area contributed by atoms with Gasteiger partial charge >= 0.3 is 5.97 Å². The number of hydrogen-bond acceptors (Lipinski definition) is 5. The molecule has 2 aromatic heterocycles. The van der Waals surface area contributed by atoms with Gasteiger partial charge in [-0.05, 0) is 66.1 Å². The number of fused-ring (bicyclic) bond motifs is 1. The van der Waals surface area contributed by atoms with Crippen molar-refractivity contribution in [3.63, 3.8) is 0 Å². The van der Waals surface area contributed by atoms with Crippen molar-refractivity contribution in [2.75, 3.05) is 18.5 Å². The SMILES string of the molecule is O=C(O)CC(Cc1ccc(OCCc2ccc3c(n2)NCCC3)cc1)c1cccnc1. The van der Waals surface area contributed by atoms with Gasteiger partial charge in [-0.25, -0.2) is 4.98 Å². The van der Waals surface area contributed by atoms with Crippen molar-refractivity contribution in [1.82, 2.24) is 9.97 Å². The van der Waals surface area contributed by atoms with E-state index in [0.717, 1.165) is 54.2 Å². The average Bonchev–Trinajstić information content (AvgIpc) is 2.80. The lowest BCUT2D eigenvalue weighted by Gasteiger charge is -2.17. The number of nitrogens with zero attached hydrogens (tertiary/aromatic N) is 2. The van der Waals surface area contributed by atoms with Crippen molar-refractivity contribution in [2.24, 2.45) is 0 Å². The molecule has 4 rings (SSSR count). The number of aliphatic carboxylic acids is 1. The van der Waals surface area contributed by atoms with E-state index in [1.807, 2.05) is 36.4 Å². The molecule has 0 aliphatic carbocycles. The van der Waals surface area contributed by atoms with E-state index in [0.29, 0.717) is 13.0 Å². The van der Waals surface area contributed by atoms with Gasteiger partial charge in [0, 0.05) is 31.1 Å². The van der Waals surface area contributed by atoms with Crippen LogP contribution in [0.3, 0.4) is 0 Å². The summed E-state index contributed by atoms with van der Waals surface area (Å²) in [6, 6.07) is 15.9. The number of aryl methyl sites for hydroxylation is 1. The Kier molecular flexibility index (Phi) is 6.77. The number of hydrogen-bond donors (Lipinski definition) is 2. The Morgan fingerprint density at radius 2 is 2.03 bits per heavy atom. The summed E-state index contributed by atoms with van der Waals surface area (Å²) in [7, 11) is 0. The molecule has 0 fully saturated rings. The maximum atomic E-state index is 11.3. The van der Waals surface area contributed by atoms with Gasteiger partial charge in [0.15, 0.2) is 0 Å². The highest BCUT2D eigenvalue weighted by molar-refractivity contribution is 5.68. The van der Waals surface area contributed by atoms with E-state index in [9.17, 15) is 9.90 Å². The molecule has 0 radical (unpaired) electrons. The van der Waals surface area contributed by atoms with Gasteiger partial charge in [-0.1, -0.05) is 24.3 Å². The topological polar surface area (TPSA) is 84.3 Å². The molecule has 1 unspecified atom stereocenters. The van der Waals surface area contributed by atoms with E-state index >= 15 is 0 Å². The van der Waals surface area contributed by atoms with Crippen molar-refractivity contribution in [3.8, 4) is 5.75 Å². The van der Waals surface area contributed by atoms with Crippen LogP contribution in [-0.2, 0) is 24.1 Å². The highest BCUT2D eigenvalue weighted by Gasteiger charge is 2.16. The first kappa shape index (κ1) is 20.8. The van der Waals surface area contributed by atoms with Crippen molar-refractivity contribution in [2.45, 2.75) is 38.0 Å². The number of rotatable bonds is 9. The van der Waals surface area contributed by atoms with Gasteiger partial charge in [0.05, 0.1) is 13.0 Å². The number of carboxylic acids is 1. The van der Waals surface area contributed by atoms with Gasteiger partial charge in [-0.15, -0.1) is 0 Å². The molecule has 2 N–H and O–H groups in total. The largest absolute Gasteiger partial charge is 0.493 e. The van der Waals surface area contributed by atoms with Crippen LogP contribution in [-0.4, -0.2) is 34.2 Å². The van der Waals surface area contributed by atoms with Gasteiger partial charge in [0.2, 0.25) is 0 Å². The molecule has 0 bridgehead atoms. The number of carbonyl (C=O) groups is 1. The third-order valence-electron chi connectivity index (χ3n) is 5.56. The fourth-order valence-corrected chi connectivity index (χ4v) is 3.92. The predicted octanol–water partition coefficient (Wildman–Crippen LogP) is 4.26. The minimum atomic E-state index is -0.806. The van der Waals surface area contributed by atoms with E-state index in [2.05, 4.69) is 22.4 Å². The zero-order valence-electron chi connectivity index (χ0n) is 17.5.